The summed E-state index contributed by atoms with van der Waals surface area (Å²) >= 11 is 0. The Morgan fingerprint density at radius 1 is 1.58 bits per heavy atom. The van der Waals surface area contributed by atoms with Crippen molar-refractivity contribution in [1.82, 2.24) is 4.57 Å². The topological polar surface area (TPSA) is 59.3 Å². The highest BCUT2D eigenvalue weighted by Crippen LogP contribution is 2.14. The highest BCUT2D eigenvalue weighted by Gasteiger charge is 2.14. The zero-order valence-corrected chi connectivity index (χ0v) is 6.87. The summed E-state index contributed by atoms with van der Waals surface area (Å²) in [7, 11) is 0. The monoisotopic (exact) mass is 167 g/mol. The van der Waals surface area contributed by atoms with Gasteiger partial charge in [0, 0.05) is 11.9 Å². The first kappa shape index (κ1) is 8.52. The summed E-state index contributed by atoms with van der Waals surface area (Å²) < 4.78 is 1.26. The molecule has 0 unspecified atom stereocenters. The number of rotatable bonds is 2. The molecule has 1 aromatic rings. The smallest absolute Gasteiger partial charge is 0.337 e. The molecule has 12 heavy (non-hydrogen) atoms. The number of nitrogens with zero attached hydrogens (tertiary/aromatic N) is 1. The number of hydrogen-bond donors (Lipinski definition) is 1. The zero-order chi connectivity index (χ0) is 9.30. The molecule has 4 nitrogen and oxygen atoms in total. The fourth-order valence-electron chi connectivity index (χ4n) is 1.22. The molecule has 0 aliphatic carbocycles. The molecule has 1 N–H and O–H groups in total. The van der Waals surface area contributed by atoms with Crippen molar-refractivity contribution in [2.45, 2.75) is 13.8 Å². The molecule has 0 aliphatic rings. The molecule has 0 spiro atoms. The summed E-state index contributed by atoms with van der Waals surface area (Å²) in [6, 6.07) is 0. The van der Waals surface area contributed by atoms with Crippen LogP contribution in [-0.2, 0) is 4.79 Å². The third-order valence-electron chi connectivity index (χ3n) is 1.80. The van der Waals surface area contributed by atoms with E-state index >= 15 is 0 Å². The number of carboxylic acids is 1. The van der Waals surface area contributed by atoms with Crippen molar-refractivity contribution in [3.8, 4) is 0 Å². The molecular weight excluding hydrogens is 158 g/mol. The molecule has 0 amide bonds. The van der Waals surface area contributed by atoms with Gasteiger partial charge in [-0.15, -0.1) is 0 Å². The number of hydrogen-bond acceptors (Lipinski definition) is 2. The second kappa shape index (κ2) is 2.81. The van der Waals surface area contributed by atoms with Crippen LogP contribution in [0.5, 0.6) is 0 Å². The van der Waals surface area contributed by atoms with Gasteiger partial charge in [-0.25, -0.2) is 4.79 Å². The van der Waals surface area contributed by atoms with Gasteiger partial charge in [-0.05, 0) is 19.4 Å². The van der Waals surface area contributed by atoms with Crippen LogP contribution in [0.2, 0.25) is 0 Å². The predicted molar refractivity (Wildman–Crippen MR) is 43.0 cm³/mol. The number of carbonyl (C=O) groups is 2. The minimum absolute atomic E-state index is 0.210. The van der Waals surface area contributed by atoms with Crippen molar-refractivity contribution in [3.05, 3.63) is 23.0 Å². The van der Waals surface area contributed by atoms with Crippen LogP contribution >= 0.6 is 0 Å². The summed E-state index contributed by atoms with van der Waals surface area (Å²) in [6.07, 6.45) is 2.10. The first-order valence-electron chi connectivity index (χ1n) is 3.44. The molecule has 64 valence electrons. The molecule has 1 aromatic heterocycles. The summed E-state index contributed by atoms with van der Waals surface area (Å²) in [5.74, 6) is -0.995. The van der Waals surface area contributed by atoms with E-state index in [1.807, 2.05) is 0 Å². The van der Waals surface area contributed by atoms with Crippen molar-refractivity contribution in [3.63, 3.8) is 0 Å². The van der Waals surface area contributed by atoms with E-state index in [-0.39, 0.29) is 5.56 Å². The van der Waals surface area contributed by atoms with Crippen LogP contribution in [0.1, 0.15) is 21.6 Å². The Morgan fingerprint density at radius 2 is 2.17 bits per heavy atom. The summed E-state index contributed by atoms with van der Waals surface area (Å²) in [5, 5.41) is 8.73. The number of carboxylic acid groups (broad SMARTS) is 1. The summed E-state index contributed by atoms with van der Waals surface area (Å²) in [5.41, 5.74) is 1.28. The summed E-state index contributed by atoms with van der Waals surface area (Å²) in [6.45, 7) is 3.27. The average molecular weight is 167 g/mol. The Bertz CT molecular complexity index is 338. The Morgan fingerprint density at radius 3 is 2.42 bits per heavy atom. The van der Waals surface area contributed by atoms with Crippen LogP contribution in [-0.4, -0.2) is 22.1 Å². The molecule has 0 aliphatic heterocycles. The number of carbonyl (C=O) groups excluding carboxylic acids is 1. The van der Waals surface area contributed by atoms with E-state index in [1.165, 1.54) is 10.8 Å². The predicted octanol–water partition coefficient (Wildman–Crippen LogP) is 0.841. The molecule has 1 heterocycles. The van der Waals surface area contributed by atoms with Gasteiger partial charge < -0.3 is 5.11 Å². The quantitative estimate of drug-likeness (QED) is 0.664. The van der Waals surface area contributed by atoms with Crippen molar-refractivity contribution < 1.29 is 14.7 Å². The third-order valence-corrected chi connectivity index (χ3v) is 1.80. The number of aromatic nitrogens is 1. The minimum atomic E-state index is -0.995. The van der Waals surface area contributed by atoms with Crippen molar-refractivity contribution in [2.24, 2.45) is 0 Å². The van der Waals surface area contributed by atoms with Crippen LogP contribution in [0.3, 0.4) is 0 Å². The van der Waals surface area contributed by atoms with Gasteiger partial charge in [0.2, 0.25) is 6.41 Å². The van der Waals surface area contributed by atoms with E-state index in [0.29, 0.717) is 17.7 Å². The van der Waals surface area contributed by atoms with Crippen LogP contribution in [0, 0.1) is 13.8 Å². The zero-order valence-electron chi connectivity index (χ0n) is 6.87. The van der Waals surface area contributed by atoms with Gasteiger partial charge in [0.05, 0.1) is 5.56 Å². The highest BCUT2D eigenvalue weighted by atomic mass is 16.4. The van der Waals surface area contributed by atoms with Crippen molar-refractivity contribution >= 4 is 12.4 Å². The lowest BCUT2D eigenvalue weighted by Gasteiger charge is -1.94. The van der Waals surface area contributed by atoms with Gasteiger partial charge in [0.25, 0.3) is 0 Å². The van der Waals surface area contributed by atoms with Crippen molar-refractivity contribution in [2.75, 3.05) is 0 Å². The van der Waals surface area contributed by atoms with Gasteiger partial charge in [-0.3, -0.25) is 9.36 Å². The van der Waals surface area contributed by atoms with E-state index in [2.05, 4.69) is 0 Å². The molecule has 0 aromatic carbocycles. The molecule has 0 fully saturated rings. The van der Waals surface area contributed by atoms with Gasteiger partial charge in [-0.2, -0.15) is 0 Å². The molecule has 0 atom stereocenters. The Kier molecular flexibility index (Phi) is 1.99. The Labute approximate surface area is 69.4 Å². The van der Waals surface area contributed by atoms with Crippen LogP contribution in [0.15, 0.2) is 6.20 Å². The fourth-order valence-corrected chi connectivity index (χ4v) is 1.22. The van der Waals surface area contributed by atoms with Gasteiger partial charge in [-0.1, -0.05) is 0 Å². The second-order valence-electron chi connectivity index (χ2n) is 2.59. The van der Waals surface area contributed by atoms with Crippen LogP contribution in [0.25, 0.3) is 0 Å². The lowest BCUT2D eigenvalue weighted by atomic mass is 10.2. The number of aromatic carboxylic acids is 1. The Balaban J connectivity index is 3.37. The van der Waals surface area contributed by atoms with Gasteiger partial charge >= 0.3 is 5.97 Å². The van der Waals surface area contributed by atoms with Gasteiger partial charge in [0.1, 0.15) is 0 Å². The molecular formula is C8H9NO3. The molecule has 0 radical (unpaired) electrons. The van der Waals surface area contributed by atoms with Crippen LogP contribution < -0.4 is 0 Å². The standard InChI is InChI=1S/C8H9NO3/c1-5-3-9(4-10)6(2)7(5)8(11)12/h3-4H,1-2H3,(H,11,12). The molecule has 0 saturated heterocycles. The largest absolute Gasteiger partial charge is 0.478 e. The Hall–Kier alpha value is -1.58. The van der Waals surface area contributed by atoms with Crippen LogP contribution in [0.4, 0.5) is 0 Å². The normalized spacial score (nSPS) is 9.83. The lowest BCUT2D eigenvalue weighted by molar-refractivity contribution is 0.0695. The van der Waals surface area contributed by atoms with E-state index < -0.39 is 5.97 Å². The lowest BCUT2D eigenvalue weighted by Crippen LogP contribution is -2.02. The summed E-state index contributed by atoms with van der Waals surface area (Å²) in [4.78, 5) is 21.0. The maximum absolute atomic E-state index is 10.6. The van der Waals surface area contributed by atoms with E-state index in [0.717, 1.165) is 0 Å². The SMILES string of the molecule is Cc1cn(C=O)c(C)c1C(=O)O. The number of aryl methyl sites for hydroxylation is 1. The first-order valence-corrected chi connectivity index (χ1v) is 3.44. The van der Waals surface area contributed by atoms with E-state index in [9.17, 15) is 9.59 Å². The third kappa shape index (κ3) is 1.11. The maximum atomic E-state index is 10.6. The highest BCUT2D eigenvalue weighted by molar-refractivity contribution is 5.91. The van der Waals surface area contributed by atoms with Gasteiger partial charge in [0.15, 0.2) is 0 Å². The first-order chi connectivity index (χ1) is 5.57. The molecule has 0 saturated carbocycles. The molecule has 1 rings (SSSR count). The molecule has 4 heteroatoms. The fraction of sp³-hybridized carbons (Fsp3) is 0.250. The van der Waals surface area contributed by atoms with E-state index in [1.54, 1.807) is 13.8 Å². The molecule has 0 bridgehead atoms. The minimum Gasteiger partial charge on any atom is -0.478 e. The average Bonchev–Trinajstić information content (AvgIpc) is 2.25. The van der Waals surface area contributed by atoms with Crippen molar-refractivity contribution in [1.29, 1.82) is 0 Å². The maximum Gasteiger partial charge on any atom is 0.337 e. The second-order valence-corrected chi connectivity index (χ2v) is 2.59. The van der Waals surface area contributed by atoms with E-state index in [4.69, 9.17) is 5.11 Å².